The molecule has 0 saturated carbocycles. The molecule has 1 unspecified atom stereocenters. The summed E-state index contributed by atoms with van der Waals surface area (Å²) in [5, 5.41) is 2.84. The molecule has 0 aromatic carbocycles. The molecule has 15 heavy (non-hydrogen) atoms. The van der Waals surface area contributed by atoms with Gasteiger partial charge in [0.1, 0.15) is 0 Å². The van der Waals surface area contributed by atoms with Crippen LogP contribution in [0.2, 0.25) is 0 Å². The Morgan fingerprint density at radius 1 is 1.53 bits per heavy atom. The number of carbonyl (C=O) groups is 1. The minimum atomic E-state index is 0.000656. The number of rotatable bonds is 8. The van der Waals surface area contributed by atoms with Crippen LogP contribution in [0.4, 0.5) is 0 Å². The quantitative estimate of drug-likeness (QED) is 0.470. The number of amides is 1. The topological polar surface area (TPSA) is 55.1 Å². The number of nitrogens with two attached hydrogens (primary N) is 1. The summed E-state index contributed by atoms with van der Waals surface area (Å²) < 4.78 is 0. The van der Waals surface area contributed by atoms with Crippen LogP contribution < -0.4 is 11.1 Å². The van der Waals surface area contributed by atoms with Gasteiger partial charge >= 0.3 is 0 Å². The van der Waals surface area contributed by atoms with E-state index >= 15 is 0 Å². The Kier molecular flexibility index (Phi) is 8.90. The van der Waals surface area contributed by atoms with Crippen molar-refractivity contribution in [2.45, 2.75) is 51.5 Å². The SMILES string of the molecule is C#CCCCCNC(=O)CC(N)CCC. The molecule has 1 amide bonds. The molecule has 0 aromatic heterocycles. The minimum Gasteiger partial charge on any atom is -0.356 e. The maximum atomic E-state index is 11.3. The highest BCUT2D eigenvalue weighted by Gasteiger charge is 2.07. The van der Waals surface area contributed by atoms with E-state index in [0.29, 0.717) is 13.0 Å². The van der Waals surface area contributed by atoms with Crippen LogP contribution in [0.15, 0.2) is 0 Å². The number of hydrogen-bond acceptors (Lipinski definition) is 2. The maximum absolute atomic E-state index is 11.3. The van der Waals surface area contributed by atoms with Crippen molar-refractivity contribution in [1.29, 1.82) is 0 Å². The van der Waals surface area contributed by atoms with Gasteiger partial charge in [-0.15, -0.1) is 12.3 Å². The van der Waals surface area contributed by atoms with Crippen LogP contribution in [0, 0.1) is 12.3 Å². The molecule has 0 rings (SSSR count). The Morgan fingerprint density at radius 2 is 2.27 bits per heavy atom. The van der Waals surface area contributed by atoms with E-state index in [1.165, 1.54) is 0 Å². The molecule has 0 fully saturated rings. The summed E-state index contributed by atoms with van der Waals surface area (Å²) in [6.07, 6.45) is 10.2. The van der Waals surface area contributed by atoms with Gasteiger partial charge < -0.3 is 11.1 Å². The van der Waals surface area contributed by atoms with Crippen molar-refractivity contribution < 1.29 is 4.79 Å². The second-order valence-corrected chi connectivity index (χ2v) is 3.76. The monoisotopic (exact) mass is 210 g/mol. The molecule has 0 radical (unpaired) electrons. The lowest BCUT2D eigenvalue weighted by Crippen LogP contribution is -2.32. The fourth-order valence-corrected chi connectivity index (χ4v) is 1.36. The van der Waals surface area contributed by atoms with E-state index in [-0.39, 0.29) is 11.9 Å². The van der Waals surface area contributed by atoms with E-state index in [4.69, 9.17) is 12.2 Å². The molecular formula is C12H22N2O. The van der Waals surface area contributed by atoms with Crippen molar-refractivity contribution in [2.24, 2.45) is 5.73 Å². The normalized spacial score (nSPS) is 11.8. The third-order valence-electron chi connectivity index (χ3n) is 2.18. The van der Waals surface area contributed by atoms with Gasteiger partial charge in [-0.2, -0.15) is 0 Å². The van der Waals surface area contributed by atoms with Crippen LogP contribution in [-0.4, -0.2) is 18.5 Å². The molecule has 0 aliphatic rings. The highest BCUT2D eigenvalue weighted by atomic mass is 16.1. The molecule has 0 bridgehead atoms. The van der Waals surface area contributed by atoms with Crippen LogP contribution in [0.1, 0.15) is 45.4 Å². The second kappa shape index (κ2) is 9.54. The van der Waals surface area contributed by atoms with Gasteiger partial charge in [-0.05, 0) is 19.3 Å². The average molecular weight is 210 g/mol. The van der Waals surface area contributed by atoms with Crippen molar-refractivity contribution >= 4 is 5.91 Å². The summed E-state index contributed by atoms with van der Waals surface area (Å²) in [5.74, 6) is 2.62. The van der Waals surface area contributed by atoms with Gasteiger partial charge in [0.25, 0.3) is 0 Å². The molecule has 3 N–H and O–H groups in total. The van der Waals surface area contributed by atoms with Crippen molar-refractivity contribution in [3.63, 3.8) is 0 Å². The molecule has 1 atom stereocenters. The zero-order chi connectivity index (χ0) is 11.5. The summed E-state index contributed by atoms with van der Waals surface area (Å²) in [6, 6.07) is 0.000656. The van der Waals surface area contributed by atoms with Crippen molar-refractivity contribution in [3.05, 3.63) is 0 Å². The zero-order valence-corrected chi connectivity index (χ0v) is 9.59. The first-order valence-corrected chi connectivity index (χ1v) is 5.66. The fraction of sp³-hybridized carbons (Fsp3) is 0.750. The molecule has 0 aliphatic heterocycles. The smallest absolute Gasteiger partial charge is 0.221 e. The fourth-order valence-electron chi connectivity index (χ4n) is 1.36. The standard InChI is InChI=1S/C12H22N2O/c1-3-5-6-7-9-14-12(15)10-11(13)8-4-2/h1,11H,4-10,13H2,2H3,(H,14,15). The first kappa shape index (κ1) is 14.0. The molecule has 0 saturated heterocycles. The summed E-state index contributed by atoms with van der Waals surface area (Å²) in [4.78, 5) is 11.3. The lowest BCUT2D eigenvalue weighted by Gasteiger charge is -2.10. The maximum Gasteiger partial charge on any atom is 0.221 e. The van der Waals surface area contributed by atoms with Gasteiger partial charge in [-0.25, -0.2) is 0 Å². The molecule has 86 valence electrons. The number of hydrogen-bond donors (Lipinski definition) is 2. The summed E-state index contributed by atoms with van der Waals surface area (Å²) >= 11 is 0. The lowest BCUT2D eigenvalue weighted by molar-refractivity contribution is -0.121. The molecule has 0 aliphatic carbocycles. The van der Waals surface area contributed by atoms with Gasteiger partial charge in [0.05, 0.1) is 0 Å². The summed E-state index contributed by atoms with van der Waals surface area (Å²) in [6.45, 7) is 2.77. The first-order chi connectivity index (χ1) is 7.20. The van der Waals surface area contributed by atoms with E-state index in [1.54, 1.807) is 0 Å². The van der Waals surface area contributed by atoms with E-state index in [9.17, 15) is 4.79 Å². The number of nitrogens with one attached hydrogen (secondary N) is 1. The Balaban J connectivity index is 3.37. The van der Waals surface area contributed by atoms with Crippen molar-refractivity contribution in [3.8, 4) is 12.3 Å². The minimum absolute atomic E-state index is 0.000656. The largest absolute Gasteiger partial charge is 0.356 e. The molecule has 0 spiro atoms. The number of carbonyl (C=O) groups excluding carboxylic acids is 1. The Hall–Kier alpha value is -1.01. The third kappa shape index (κ3) is 9.30. The predicted octanol–water partition coefficient (Wildman–Crippen LogP) is 1.42. The first-order valence-electron chi connectivity index (χ1n) is 5.66. The molecular weight excluding hydrogens is 188 g/mol. The van der Waals surface area contributed by atoms with Gasteiger partial charge in [-0.3, -0.25) is 4.79 Å². The highest BCUT2D eigenvalue weighted by molar-refractivity contribution is 5.76. The van der Waals surface area contributed by atoms with Crippen LogP contribution in [0.25, 0.3) is 0 Å². The summed E-state index contributed by atoms with van der Waals surface area (Å²) in [7, 11) is 0. The van der Waals surface area contributed by atoms with E-state index in [0.717, 1.165) is 32.1 Å². The van der Waals surface area contributed by atoms with Crippen LogP contribution in [-0.2, 0) is 4.79 Å². The van der Waals surface area contributed by atoms with Crippen LogP contribution in [0.5, 0.6) is 0 Å². The van der Waals surface area contributed by atoms with Gasteiger partial charge in [0.2, 0.25) is 5.91 Å². The number of terminal acetylenes is 1. The van der Waals surface area contributed by atoms with Crippen molar-refractivity contribution in [1.82, 2.24) is 5.32 Å². The molecule has 0 aromatic rings. The third-order valence-corrected chi connectivity index (χ3v) is 2.18. The highest BCUT2D eigenvalue weighted by Crippen LogP contribution is 1.98. The molecule has 3 heteroatoms. The van der Waals surface area contributed by atoms with E-state index in [2.05, 4.69) is 18.2 Å². The van der Waals surface area contributed by atoms with Gasteiger partial charge in [0.15, 0.2) is 0 Å². The predicted molar refractivity (Wildman–Crippen MR) is 63.2 cm³/mol. The second-order valence-electron chi connectivity index (χ2n) is 3.76. The van der Waals surface area contributed by atoms with E-state index < -0.39 is 0 Å². The summed E-state index contributed by atoms with van der Waals surface area (Å²) in [5.41, 5.74) is 5.75. The average Bonchev–Trinajstić information content (AvgIpc) is 2.17. The molecule has 3 nitrogen and oxygen atoms in total. The lowest BCUT2D eigenvalue weighted by atomic mass is 10.1. The van der Waals surface area contributed by atoms with Crippen LogP contribution >= 0.6 is 0 Å². The number of unbranched alkanes of at least 4 members (excludes halogenated alkanes) is 2. The van der Waals surface area contributed by atoms with Gasteiger partial charge in [0, 0.05) is 25.4 Å². The Bertz CT molecular complexity index is 208. The van der Waals surface area contributed by atoms with Crippen LogP contribution in [0.3, 0.4) is 0 Å². The van der Waals surface area contributed by atoms with Crippen molar-refractivity contribution in [2.75, 3.05) is 6.54 Å². The zero-order valence-electron chi connectivity index (χ0n) is 9.59. The van der Waals surface area contributed by atoms with Gasteiger partial charge in [-0.1, -0.05) is 13.3 Å². The molecule has 0 heterocycles. The Morgan fingerprint density at radius 3 is 2.87 bits per heavy atom. The van der Waals surface area contributed by atoms with E-state index in [1.807, 2.05) is 0 Å². The Labute approximate surface area is 92.8 Å².